The molecule has 3 heterocycles. The zero-order valence-corrected chi connectivity index (χ0v) is 34.8. The molecule has 3 atom stereocenters. The fraction of sp³-hybridized carbons (Fsp3) is 0.316. The van der Waals surface area contributed by atoms with Gasteiger partial charge in [0.2, 0.25) is 5.88 Å². The SMILES string of the molecule is CC(O)C(=O)O.CC(O)C(=O)[O-].Cc1c(N=Nc2cccc(-n3nc[c-](N=NC4C=CC([N+](=O)[O-])=CC4=O)c3=O)c2)c(O)n(CCCN(C)C)c(=O)c1N1C=CC=CC1.[CH3-].[Cu+]. The Hall–Kier alpha value is -6.65. The van der Waals surface area contributed by atoms with Crippen molar-refractivity contribution in [2.24, 2.45) is 20.5 Å². The summed E-state index contributed by atoms with van der Waals surface area (Å²) >= 11 is 0. The van der Waals surface area contributed by atoms with Crippen molar-refractivity contribution < 1.29 is 61.9 Å². The molecule has 1 aromatic carbocycles. The number of nitrogens with zero attached hydrogens (tertiary/aromatic N) is 10. The van der Waals surface area contributed by atoms with Crippen molar-refractivity contribution in [2.45, 2.75) is 52.0 Å². The third-order valence-electron chi connectivity index (χ3n) is 7.99. The van der Waals surface area contributed by atoms with Crippen molar-refractivity contribution in [1.82, 2.24) is 19.2 Å². The van der Waals surface area contributed by atoms with Gasteiger partial charge in [-0.15, -0.1) is 10.8 Å². The Morgan fingerprint density at radius 2 is 1.77 bits per heavy atom. The molecular weight excluding hydrogens is 852 g/mol. The number of carboxylic acid groups (broad SMARTS) is 2. The number of aliphatic hydroxyl groups is 2. The van der Waals surface area contributed by atoms with E-state index in [1.54, 1.807) is 42.3 Å². The van der Waals surface area contributed by atoms with Gasteiger partial charge in [-0.2, -0.15) is 5.11 Å². The molecule has 2 aromatic heterocycles. The van der Waals surface area contributed by atoms with Gasteiger partial charge in [-0.25, -0.2) is 19.7 Å². The van der Waals surface area contributed by atoms with Gasteiger partial charge in [-0.1, -0.05) is 24.4 Å². The number of carbonyl (C=O) groups is 3. The molecular formula is C38H45CuN10O12-2. The Morgan fingerprint density at radius 1 is 1.11 bits per heavy atom. The summed E-state index contributed by atoms with van der Waals surface area (Å²) in [4.78, 5) is 71.5. The van der Waals surface area contributed by atoms with Crippen LogP contribution in [0, 0.1) is 24.5 Å². The molecule has 0 amide bonds. The molecule has 5 rings (SSSR count). The van der Waals surface area contributed by atoms with E-state index in [0.29, 0.717) is 42.1 Å². The number of aromatic nitrogens is 3. The molecule has 332 valence electrons. The molecule has 0 saturated heterocycles. The molecule has 22 nitrogen and oxygen atoms in total. The van der Waals surface area contributed by atoms with Crippen molar-refractivity contribution in [3.8, 4) is 11.6 Å². The number of hydrogen-bond acceptors (Lipinski definition) is 18. The fourth-order valence-electron chi connectivity index (χ4n) is 4.91. The van der Waals surface area contributed by atoms with Crippen LogP contribution in [0.25, 0.3) is 5.69 Å². The number of aliphatic carboxylic acids is 2. The third kappa shape index (κ3) is 14.8. The quantitative estimate of drug-likeness (QED) is 0.0628. The van der Waals surface area contributed by atoms with Crippen LogP contribution >= 0.6 is 0 Å². The van der Waals surface area contributed by atoms with Crippen molar-refractivity contribution >= 4 is 40.5 Å². The standard InChI is InChI=1S/C31H31N10O6.2C3H6O3.CH3.Cu/c1-20-27(30(44)39(16-8-13-37(2)3)31(45)28(20)38-14-5-4-6-15-38)36-33-21-9-7-10-22(17-21)40-29(43)25(19-32-40)35-34-24-12-11-23(41(46)47)18-26(24)42;2*1-2(4)3(5)6;;/h4-7,9-12,14,17-19,24,44H,8,13,15-16H2,1-3H3;2*2,4H,1H3,(H,5,6);1H3;/q-1;;;-1;+1/p-1. The van der Waals surface area contributed by atoms with Gasteiger partial charge in [0.05, 0.1) is 34.4 Å². The first kappa shape index (κ1) is 52.4. The van der Waals surface area contributed by atoms with Crippen molar-refractivity contribution in [3.05, 3.63) is 123 Å². The number of nitro groups is 1. The summed E-state index contributed by atoms with van der Waals surface area (Å²) in [5.74, 6) is -3.56. The van der Waals surface area contributed by atoms with Gasteiger partial charge < -0.3 is 57.5 Å². The van der Waals surface area contributed by atoms with Gasteiger partial charge in [0, 0.05) is 30.9 Å². The van der Waals surface area contributed by atoms with Crippen LogP contribution in [0.3, 0.4) is 0 Å². The minimum atomic E-state index is -1.44. The molecule has 3 aromatic rings. The molecule has 3 unspecified atom stereocenters. The van der Waals surface area contributed by atoms with Crippen molar-refractivity contribution in [2.75, 3.05) is 32.1 Å². The molecule has 0 radical (unpaired) electrons. The van der Waals surface area contributed by atoms with E-state index in [4.69, 9.17) is 15.3 Å². The summed E-state index contributed by atoms with van der Waals surface area (Å²) < 4.78 is 2.37. The smallest absolute Gasteiger partial charge is 0.547 e. The van der Waals surface area contributed by atoms with E-state index in [1.165, 1.54) is 23.8 Å². The Morgan fingerprint density at radius 3 is 2.31 bits per heavy atom. The Kier molecular flexibility index (Phi) is 21.0. The molecule has 2 aliphatic rings. The second kappa shape index (κ2) is 24.4. The molecule has 0 saturated carbocycles. The number of carbonyl (C=O) groups excluding carboxylic acids is 2. The first-order valence-corrected chi connectivity index (χ1v) is 17.6. The summed E-state index contributed by atoms with van der Waals surface area (Å²) in [5, 5.41) is 75.6. The monoisotopic (exact) mass is 896 g/mol. The molecule has 0 spiro atoms. The summed E-state index contributed by atoms with van der Waals surface area (Å²) in [7, 11) is 3.86. The van der Waals surface area contributed by atoms with Crippen LogP contribution in [0.5, 0.6) is 5.88 Å². The summed E-state index contributed by atoms with van der Waals surface area (Å²) in [6.07, 6.45) is 9.88. The van der Waals surface area contributed by atoms with Gasteiger partial charge >= 0.3 is 23.0 Å². The number of allylic oxidation sites excluding steroid dienone is 3. The molecule has 4 N–H and O–H groups in total. The second-order valence-electron chi connectivity index (χ2n) is 12.9. The van der Waals surface area contributed by atoms with Crippen molar-refractivity contribution in [1.29, 1.82) is 0 Å². The van der Waals surface area contributed by atoms with Crippen LogP contribution in [-0.4, -0.2) is 108 Å². The number of aromatic hydroxyl groups is 1. The number of anilines is 1. The van der Waals surface area contributed by atoms with Crippen LogP contribution in [0.1, 0.15) is 25.8 Å². The molecule has 23 heteroatoms. The maximum atomic E-state index is 13.6. The van der Waals surface area contributed by atoms with Gasteiger partial charge in [-0.05, 0) is 78.2 Å². The van der Waals surface area contributed by atoms with E-state index in [9.17, 15) is 44.3 Å². The fourth-order valence-corrected chi connectivity index (χ4v) is 4.91. The second-order valence-corrected chi connectivity index (χ2v) is 12.9. The van der Waals surface area contributed by atoms with Gasteiger partial charge in [0.1, 0.15) is 23.4 Å². The number of azo groups is 2. The van der Waals surface area contributed by atoms with E-state index >= 15 is 0 Å². The normalized spacial score (nSPS) is 15.2. The predicted octanol–water partition coefficient (Wildman–Crippen LogP) is 2.15. The average molecular weight is 897 g/mol. The molecule has 0 bridgehead atoms. The predicted molar refractivity (Wildman–Crippen MR) is 215 cm³/mol. The van der Waals surface area contributed by atoms with Gasteiger partial charge in [-0.3, -0.25) is 24.3 Å². The Balaban J connectivity index is 0.00000117. The minimum Gasteiger partial charge on any atom is -0.547 e. The summed E-state index contributed by atoms with van der Waals surface area (Å²) in [5.41, 5.74) is 0.170. The third-order valence-corrected chi connectivity index (χ3v) is 7.99. The van der Waals surface area contributed by atoms with E-state index in [0.717, 1.165) is 23.8 Å². The maximum absolute atomic E-state index is 13.6. The van der Waals surface area contributed by atoms with Crippen molar-refractivity contribution in [3.63, 3.8) is 0 Å². The number of hydrogen-bond donors (Lipinski definition) is 4. The minimum absolute atomic E-state index is 0. The Bertz CT molecular complexity index is 2320. The Labute approximate surface area is 359 Å². The summed E-state index contributed by atoms with van der Waals surface area (Å²) in [6.45, 7) is 5.49. The maximum Gasteiger partial charge on any atom is 1.00 e. The van der Waals surface area contributed by atoms with E-state index in [2.05, 4.69) is 25.6 Å². The van der Waals surface area contributed by atoms with E-state index < -0.39 is 46.5 Å². The van der Waals surface area contributed by atoms with Crippen LogP contribution in [0.4, 0.5) is 22.7 Å². The molecule has 0 fully saturated rings. The van der Waals surface area contributed by atoms with Crippen LogP contribution in [-0.2, 0) is 38.0 Å². The van der Waals surface area contributed by atoms with Gasteiger partial charge in [0.25, 0.3) is 11.3 Å². The molecule has 1 aliphatic heterocycles. The average Bonchev–Trinajstić information content (AvgIpc) is 3.55. The number of carboxylic acids is 2. The number of ketones is 1. The zero-order valence-electron chi connectivity index (χ0n) is 33.8. The topological polar surface area (TPSA) is 311 Å². The number of rotatable bonds is 13. The van der Waals surface area contributed by atoms with Crippen LogP contribution in [0.2, 0.25) is 0 Å². The first-order valence-electron chi connectivity index (χ1n) is 17.6. The molecule has 1 aliphatic carbocycles. The summed E-state index contributed by atoms with van der Waals surface area (Å²) in [6, 6.07) is 5.35. The zero-order chi connectivity index (χ0) is 44.0. The number of benzene rings is 1. The number of pyridine rings is 1. The van der Waals surface area contributed by atoms with E-state index in [-0.39, 0.29) is 59.6 Å². The van der Waals surface area contributed by atoms with Crippen LogP contribution < -0.4 is 21.1 Å². The van der Waals surface area contributed by atoms with Crippen LogP contribution in [0.15, 0.2) is 109 Å². The number of aliphatic hydroxyl groups excluding tert-OH is 2. The molecule has 61 heavy (non-hydrogen) atoms. The largest absolute Gasteiger partial charge is 1.00 e. The van der Waals surface area contributed by atoms with Gasteiger partial charge in [0.15, 0.2) is 11.5 Å². The van der Waals surface area contributed by atoms with E-state index in [1.807, 2.05) is 37.2 Å². The first-order chi connectivity index (χ1) is 27.8.